The molecule has 1 aliphatic rings. The van der Waals surface area contributed by atoms with Crippen LogP contribution in [0.3, 0.4) is 0 Å². The number of amides is 3. The molecule has 1 unspecified atom stereocenters. The van der Waals surface area contributed by atoms with Gasteiger partial charge in [0, 0.05) is 38.8 Å². The number of hydrogen-bond acceptors (Lipinski definition) is 5. The Balaban J connectivity index is 1.97. The summed E-state index contributed by atoms with van der Waals surface area (Å²) in [7, 11) is 0. The number of aryl methyl sites for hydroxylation is 1. The van der Waals surface area contributed by atoms with E-state index in [0.717, 1.165) is 0 Å². The smallest absolute Gasteiger partial charge is 0.409 e. The summed E-state index contributed by atoms with van der Waals surface area (Å²) in [6, 6.07) is -0.491. The number of carbonyl (C=O) groups excluding carboxylic acids is 3. The van der Waals surface area contributed by atoms with Gasteiger partial charge >= 0.3 is 6.09 Å². The summed E-state index contributed by atoms with van der Waals surface area (Å²) in [5, 5.41) is 7.13. The largest absolute Gasteiger partial charge is 0.450 e. The van der Waals surface area contributed by atoms with Crippen molar-refractivity contribution >= 4 is 23.6 Å². The predicted octanol–water partition coefficient (Wildman–Crippen LogP) is 1.40. The van der Waals surface area contributed by atoms with Crippen LogP contribution in [0.1, 0.15) is 38.9 Å². The molecule has 1 aliphatic heterocycles. The lowest BCUT2D eigenvalue weighted by atomic mass is 10.2. The second kappa shape index (κ2) is 8.68. The molecule has 3 amide bonds. The molecule has 0 aliphatic carbocycles. The van der Waals surface area contributed by atoms with E-state index in [1.54, 1.807) is 48.4 Å². The number of carbonyl (C=O) groups is 3. The van der Waals surface area contributed by atoms with E-state index in [-0.39, 0.29) is 17.9 Å². The average Bonchev–Trinajstić information content (AvgIpc) is 3.01. The molecule has 144 valence electrons. The first kappa shape index (κ1) is 19.7. The minimum Gasteiger partial charge on any atom is -0.450 e. The molecular weight excluding hydrogens is 338 g/mol. The molecule has 0 spiro atoms. The first-order chi connectivity index (χ1) is 12.4. The van der Waals surface area contributed by atoms with Crippen molar-refractivity contribution in [3.63, 3.8) is 0 Å². The SMILES string of the molecule is CCOC(=O)N1CCN(C(=O)C(C)n2cc(NC(=O)CC)c(C)n2)CC1. The third-order valence-corrected chi connectivity index (χ3v) is 4.38. The van der Waals surface area contributed by atoms with Crippen molar-refractivity contribution in [3.8, 4) is 0 Å². The van der Waals surface area contributed by atoms with E-state index in [1.165, 1.54) is 0 Å². The van der Waals surface area contributed by atoms with Crippen molar-refractivity contribution in [2.75, 3.05) is 38.1 Å². The second-order valence-corrected chi connectivity index (χ2v) is 6.20. The van der Waals surface area contributed by atoms with E-state index in [0.29, 0.717) is 50.6 Å². The minimum absolute atomic E-state index is 0.0654. The zero-order valence-corrected chi connectivity index (χ0v) is 15.8. The highest BCUT2D eigenvalue weighted by molar-refractivity contribution is 5.91. The van der Waals surface area contributed by atoms with Gasteiger partial charge in [0.05, 0.1) is 18.0 Å². The molecule has 1 fully saturated rings. The Kier molecular flexibility index (Phi) is 6.59. The van der Waals surface area contributed by atoms with Crippen LogP contribution in [0.5, 0.6) is 0 Å². The van der Waals surface area contributed by atoms with Crippen LogP contribution in [0.15, 0.2) is 6.20 Å². The van der Waals surface area contributed by atoms with Crippen molar-refractivity contribution in [2.45, 2.75) is 40.2 Å². The fraction of sp³-hybridized carbons (Fsp3) is 0.647. The molecule has 1 aromatic rings. The van der Waals surface area contributed by atoms with Crippen molar-refractivity contribution in [2.24, 2.45) is 0 Å². The van der Waals surface area contributed by atoms with E-state index in [4.69, 9.17) is 4.74 Å². The average molecular weight is 365 g/mol. The molecule has 0 radical (unpaired) electrons. The summed E-state index contributed by atoms with van der Waals surface area (Å²) in [4.78, 5) is 39.4. The molecule has 9 heteroatoms. The Morgan fingerprint density at radius 2 is 1.81 bits per heavy atom. The first-order valence-corrected chi connectivity index (χ1v) is 8.93. The lowest BCUT2D eigenvalue weighted by Crippen LogP contribution is -2.52. The highest BCUT2D eigenvalue weighted by Gasteiger charge is 2.28. The fourth-order valence-corrected chi connectivity index (χ4v) is 2.74. The van der Waals surface area contributed by atoms with Gasteiger partial charge in [-0.15, -0.1) is 0 Å². The van der Waals surface area contributed by atoms with E-state index in [2.05, 4.69) is 10.4 Å². The summed E-state index contributed by atoms with van der Waals surface area (Å²) >= 11 is 0. The molecule has 1 atom stereocenters. The predicted molar refractivity (Wildman–Crippen MR) is 95.8 cm³/mol. The van der Waals surface area contributed by atoms with E-state index in [9.17, 15) is 14.4 Å². The maximum absolute atomic E-state index is 12.7. The van der Waals surface area contributed by atoms with E-state index >= 15 is 0 Å². The van der Waals surface area contributed by atoms with E-state index in [1.807, 2.05) is 0 Å². The highest BCUT2D eigenvalue weighted by Crippen LogP contribution is 2.18. The molecule has 0 bridgehead atoms. The standard InChI is InChI=1S/C17H27N5O4/c1-5-15(23)18-14-11-22(19-12(14)3)13(4)16(24)20-7-9-21(10-8-20)17(25)26-6-2/h11,13H,5-10H2,1-4H3,(H,18,23). The molecule has 1 N–H and O–H groups in total. The first-order valence-electron chi connectivity index (χ1n) is 8.93. The number of nitrogens with zero attached hydrogens (tertiary/aromatic N) is 4. The van der Waals surface area contributed by atoms with Gasteiger partial charge in [-0.05, 0) is 20.8 Å². The van der Waals surface area contributed by atoms with Crippen LogP contribution in [0.2, 0.25) is 0 Å². The summed E-state index contributed by atoms with van der Waals surface area (Å²) in [6.45, 7) is 9.27. The van der Waals surface area contributed by atoms with Gasteiger partial charge in [-0.1, -0.05) is 6.92 Å². The zero-order valence-electron chi connectivity index (χ0n) is 15.8. The van der Waals surface area contributed by atoms with Crippen molar-refractivity contribution in [3.05, 3.63) is 11.9 Å². The maximum Gasteiger partial charge on any atom is 0.409 e. The Morgan fingerprint density at radius 3 is 2.38 bits per heavy atom. The Hall–Kier alpha value is -2.58. The van der Waals surface area contributed by atoms with Crippen LogP contribution in [0.4, 0.5) is 10.5 Å². The van der Waals surface area contributed by atoms with Gasteiger partial charge in [-0.2, -0.15) is 5.10 Å². The number of nitrogens with one attached hydrogen (secondary N) is 1. The number of hydrogen-bond donors (Lipinski definition) is 1. The molecule has 2 heterocycles. The van der Waals surface area contributed by atoms with Crippen LogP contribution >= 0.6 is 0 Å². The van der Waals surface area contributed by atoms with Crippen LogP contribution < -0.4 is 5.32 Å². The van der Waals surface area contributed by atoms with Crippen molar-refractivity contribution < 1.29 is 19.1 Å². The highest BCUT2D eigenvalue weighted by atomic mass is 16.6. The monoisotopic (exact) mass is 365 g/mol. The summed E-state index contributed by atoms with van der Waals surface area (Å²) in [6.07, 6.45) is 1.72. The fourth-order valence-electron chi connectivity index (χ4n) is 2.74. The van der Waals surface area contributed by atoms with Gasteiger partial charge in [0.15, 0.2) is 0 Å². The van der Waals surface area contributed by atoms with Gasteiger partial charge in [0.1, 0.15) is 6.04 Å². The Bertz CT molecular complexity index is 664. The molecule has 0 saturated carbocycles. The topological polar surface area (TPSA) is 96.8 Å². The van der Waals surface area contributed by atoms with E-state index < -0.39 is 6.04 Å². The Morgan fingerprint density at radius 1 is 1.19 bits per heavy atom. The normalized spacial score (nSPS) is 15.5. The number of ether oxygens (including phenoxy) is 1. The lowest BCUT2D eigenvalue weighted by Gasteiger charge is -2.35. The van der Waals surface area contributed by atoms with Crippen LogP contribution in [-0.4, -0.2) is 70.3 Å². The molecular formula is C17H27N5O4. The Labute approximate surface area is 153 Å². The molecule has 26 heavy (non-hydrogen) atoms. The quantitative estimate of drug-likeness (QED) is 0.851. The molecule has 0 aromatic carbocycles. The van der Waals surface area contributed by atoms with Crippen LogP contribution in [0, 0.1) is 6.92 Å². The summed E-state index contributed by atoms with van der Waals surface area (Å²) in [5.74, 6) is -0.161. The zero-order chi connectivity index (χ0) is 19.3. The van der Waals surface area contributed by atoms with Gasteiger partial charge in [0.2, 0.25) is 11.8 Å². The number of anilines is 1. The number of piperazine rings is 1. The van der Waals surface area contributed by atoms with Crippen molar-refractivity contribution in [1.29, 1.82) is 0 Å². The molecule has 1 aromatic heterocycles. The third kappa shape index (κ3) is 4.53. The summed E-state index contributed by atoms with van der Waals surface area (Å²) in [5.41, 5.74) is 1.28. The van der Waals surface area contributed by atoms with Gasteiger partial charge in [-0.25, -0.2) is 4.79 Å². The van der Waals surface area contributed by atoms with Crippen LogP contribution in [-0.2, 0) is 14.3 Å². The lowest BCUT2D eigenvalue weighted by molar-refractivity contribution is -0.136. The third-order valence-electron chi connectivity index (χ3n) is 4.38. The molecule has 9 nitrogen and oxygen atoms in total. The van der Waals surface area contributed by atoms with Gasteiger partial charge < -0.3 is 19.9 Å². The number of aromatic nitrogens is 2. The second-order valence-electron chi connectivity index (χ2n) is 6.20. The number of rotatable bonds is 5. The van der Waals surface area contributed by atoms with Crippen LogP contribution in [0.25, 0.3) is 0 Å². The van der Waals surface area contributed by atoms with Crippen molar-refractivity contribution in [1.82, 2.24) is 19.6 Å². The van der Waals surface area contributed by atoms with Gasteiger partial charge in [-0.3, -0.25) is 14.3 Å². The molecule has 1 saturated heterocycles. The summed E-state index contributed by atoms with van der Waals surface area (Å²) < 4.78 is 6.56. The van der Waals surface area contributed by atoms with Gasteiger partial charge in [0.25, 0.3) is 0 Å². The molecule has 2 rings (SSSR count). The minimum atomic E-state index is -0.491. The maximum atomic E-state index is 12.7.